The van der Waals surface area contributed by atoms with Gasteiger partial charge in [0.15, 0.2) is 5.58 Å². The summed E-state index contributed by atoms with van der Waals surface area (Å²) < 4.78 is 4.97. The number of H-pyrrole nitrogens is 1. The molecule has 108 valence electrons. The zero-order valence-corrected chi connectivity index (χ0v) is 11.2. The molecule has 1 aromatic heterocycles. The number of fused-ring (bicyclic) bond motifs is 1. The van der Waals surface area contributed by atoms with Crippen molar-refractivity contribution in [3.05, 3.63) is 22.7 Å². The second kappa shape index (κ2) is 5.20. The quantitative estimate of drug-likeness (QED) is 0.495. The minimum atomic E-state index is -0.494. The summed E-state index contributed by atoms with van der Waals surface area (Å²) in [4.78, 5) is 13.8. The van der Waals surface area contributed by atoms with Gasteiger partial charge in [-0.2, -0.15) is 0 Å². The highest BCUT2D eigenvalue weighted by Crippen LogP contribution is 2.28. The Morgan fingerprint density at radius 3 is 2.95 bits per heavy atom. The number of nitrogens with one attached hydrogen (secondary N) is 2. The van der Waals surface area contributed by atoms with E-state index in [9.17, 15) is 9.90 Å². The summed E-state index contributed by atoms with van der Waals surface area (Å²) in [5.41, 5.74) is 8.26. The van der Waals surface area contributed by atoms with Crippen LogP contribution in [-0.2, 0) is 0 Å². The molecular weight excluding hydrogens is 258 g/mol. The summed E-state index contributed by atoms with van der Waals surface area (Å²) in [6, 6.07) is 3.38. The van der Waals surface area contributed by atoms with Crippen LogP contribution in [0.25, 0.3) is 11.1 Å². The van der Waals surface area contributed by atoms with E-state index in [4.69, 9.17) is 10.2 Å². The number of nitrogens with two attached hydrogens (primary N) is 1. The Hall–Kier alpha value is -1.95. The molecule has 6 nitrogen and oxygen atoms in total. The lowest BCUT2D eigenvalue weighted by atomic mass is 10.1. The molecule has 3 rings (SSSR count). The third-order valence-corrected chi connectivity index (χ3v) is 3.91. The van der Waals surface area contributed by atoms with Crippen LogP contribution in [0.3, 0.4) is 0 Å². The van der Waals surface area contributed by atoms with Crippen LogP contribution in [0.4, 0.5) is 11.4 Å². The van der Waals surface area contributed by atoms with Crippen molar-refractivity contribution in [1.29, 1.82) is 0 Å². The Morgan fingerprint density at radius 1 is 1.30 bits per heavy atom. The fraction of sp³-hybridized carbons (Fsp3) is 0.500. The van der Waals surface area contributed by atoms with Gasteiger partial charge in [-0.25, -0.2) is 4.79 Å². The van der Waals surface area contributed by atoms with Gasteiger partial charge in [0.05, 0.1) is 29.0 Å². The van der Waals surface area contributed by atoms with E-state index in [1.165, 1.54) is 0 Å². The minimum Gasteiger partial charge on any atom is -0.408 e. The third kappa shape index (κ3) is 2.51. The van der Waals surface area contributed by atoms with E-state index in [-0.39, 0.29) is 12.1 Å². The molecule has 2 aromatic rings. The molecule has 2 unspecified atom stereocenters. The van der Waals surface area contributed by atoms with E-state index in [0.29, 0.717) is 16.8 Å². The number of rotatable bonds is 2. The maximum atomic E-state index is 11.2. The summed E-state index contributed by atoms with van der Waals surface area (Å²) in [6.45, 7) is 0. The van der Waals surface area contributed by atoms with Gasteiger partial charge in [-0.1, -0.05) is 19.3 Å². The molecule has 5 N–H and O–H groups in total. The fourth-order valence-corrected chi connectivity index (χ4v) is 2.79. The van der Waals surface area contributed by atoms with Crippen molar-refractivity contribution in [1.82, 2.24) is 4.98 Å². The number of hydrogen-bond donors (Lipinski definition) is 4. The molecule has 1 saturated carbocycles. The highest BCUT2D eigenvalue weighted by molar-refractivity contribution is 5.85. The fourth-order valence-electron chi connectivity index (χ4n) is 2.79. The second-order valence-corrected chi connectivity index (χ2v) is 5.41. The van der Waals surface area contributed by atoms with Gasteiger partial charge in [-0.05, 0) is 18.9 Å². The molecule has 1 fully saturated rings. The highest BCUT2D eigenvalue weighted by Gasteiger charge is 2.22. The molecule has 6 heteroatoms. The van der Waals surface area contributed by atoms with E-state index in [2.05, 4.69) is 10.3 Å². The highest BCUT2D eigenvalue weighted by atomic mass is 16.4. The molecule has 1 aliphatic rings. The van der Waals surface area contributed by atoms with Gasteiger partial charge >= 0.3 is 5.76 Å². The lowest BCUT2D eigenvalue weighted by Crippen LogP contribution is -2.32. The van der Waals surface area contributed by atoms with Crippen molar-refractivity contribution in [2.45, 2.75) is 44.2 Å². The van der Waals surface area contributed by atoms with Gasteiger partial charge in [0.25, 0.3) is 0 Å². The Kier molecular flexibility index (Phi) is 3.40. The average molecular weight is 277 g/mol. The first-order chi connectivity index (χ1) is 9.63. The van der Waals surface area contributed by atoms with Gasteiger partial charge < -0.3 is 20.6 Å². The van der Waals surface area contributed by atoms with Gasteiger partial charge in [0.1, 0.15) is 0 Å². The van der Waals surface area contributed by atoms with Crippen molar-refractivity contribution in [2.24, 2.45) is 0 Å². The van der Waals surface area contributed by atoms with Crippen LogP contribution in [0.5, 0.6) is 0 Å². The van der Waals surface area contributed by atoms with Gasteiger partial charge in [0, 0.05) is 6.07 Å². The molecule has 0 spiro atoms. The van der Waals surface area contributed by atoms with Crippen molar-refractivity contribution in [3.8, 4) is 0 Å². The smallest absolute Gasteiger partial charge is 0.408 e. The first kappa shape index (κ1) is 13.1. The molecule has 20 heavy (non-hydrogen) atoms. The molecule has 0 bridgehead atoms. The third-order valence-electron chi connectivity index (χ3n) is 3.91. The Labute approximate surface area is 116 Å². The van der Waals surface area contributed by atoms with Crippen LogP contribution < -0.4 is 16.8 Å². The van der Waals surface area contributed by atoms with E-state index in [1.54, 1.807) is 12.1 Å². The molecular formula is C14H19N3O3. The molecule has 0 aliphatic heterocycles. The van der Waals surface area contributed by atoms with E-state index in [1.807, 2.05) is 0 Å². The normalized spacial score (nSPS) is 23.6. The summed E-state index contributed by atoms with van der Waals surface area (Å²) >= 11 is 0. The predicted octanol–water partition coefficient (Wildman–Crippen LogP) is 1.81. The number of oxazole rings is 1. The minimum absolute atomic E-state index is 0.00382. The lowest BCUT2D eigenvalue weighted by molar-refractivity contribution is 0.144. The number of nitrogen functional groups attached to an aromatic ring is 1. The van der Waals surface area contributed by atoms with Crippen LogP contribution in [0.1, 0.15) is 32.1 Å². The number of aromatic amines is 1. The van der Waals surface area contributed by atoms with Crippen molar-refractivity contribution < 1.29 is 9.52 Å². The van der Waals surface area contributed by atoms with Crippen molar-refractivity contribution in [3.63, 3.8) is 0 Å². The first-order valence-electron chi connectivity index (χ1n) is 7.00. The number of benzene rings is 1. The summed E-state index contributed by atoms with van der Waals surface area (Å²) in [7, 11) is 0. The summed E-state index contributed by atoms with van der Waals surface area (Å²) in [5.74, 6) is -0.494. The zero-order chi connectivity index (χ0) is 14.1. The number of aliphatic hydroxyl groups excluding tert-OH is 1. The first-order valence-corrected chi connectivity index (χ1v) is 7.00. The van der Waals surface area contributed by atoms with Crippen LogP contribution >= 0.6 is 0 Å². The van der Waals surface area contributed by atoms with E-state index in [0.717, 1.165) is 37.8 Å². The molecule has 0 amide bonds. The van der Waals surface area contributed by atoms with Crippen molar-refractivity contribution in [2.75, 3.05) is 11.1 Å². The monoisotopic (exact) mass is 277 g/mol. The van der Waals surface area contributed by atoms with Gasteiger partial charge in [-0.3, -0.25) is 4.98 Å². The lowest BCUT2D eigenvalue weighted by Gasteiger charge is -2.23. The van der Waals surface area contributed by atoms with Gasteiger partial charge in [0.2, 0.25) is 0 Å². The molecule has 0 saturated heterocycles. The number of aromatic nitrogens is 1. The van der Waals surface area contributed by atoms with E-state index < -0.39 is 5.76 Å². The van der Waals surface area contributed by atoms with Gasteiger partial charge in [-0.15, -0.1) is 0 Å². The Balaban J connectivity index is 1.89. The summed E-state index contributed by atoms with van der Waals surface area (Å²) in [5, 5.41) is 13.4. The number of hydrogen-bond acceptors (Lipinski definition) is 5. The summed E-state index contributed by atoms with van der Waals surface area (Å²) in [6.07, 6.45) is 4.67. The van der Waals surface area contributed by atoms with Crippen LogP contribution in [0, 0.1) is 0 Å². The molecule has 1 aromatic carbocycles. The Bertz CT molecular complexity index is 661. The van der Waals surface area contributed by atoms with Crippen molar-refractivity contribution >= 4 is 22.5 Å². The van der Waals surface area contributed by atoms with Crippen LogP contribution in [-0.4, -0.2) is 22.2 Å². The maximum absolute atomic E-state index is 11.2. The predicted molar refractivity (Wildman–Crippen MR) is 77.7 cm³/mol. The molecule has 1 aliphatic carbocycles. The average Bonchev–Trinajstić information content (AvgIpc) is 2.62. The van der Waals surface area contributed by atoms with Crippen LogP contribution in [0.15, 0.2) is 21.3 Å². The standard InChI is InChI=1S/C14H19N3O3/c15-8-6-13-11(17-14(19)20-13)7-10(8)16-9-4-2-1-3-5-12(9)18/h6-7,9,12,16,18H,1-5,15H2,(H,17,19). The van der Waals surface area contributed by atoms with Crippen LogP contribution in [0.2, 0.25) is 0 Å². The zero-order valence-electron chi connectivity index (χ0n) is 11.2. The SMILES string of the molecule is Nc1cc2oc(=O)[nH]c2cc1NC1CCCCCC1O. The second-order valence-electron chi connectivity index (χ2n) is 5.41. The Morgan fingerprint density at radius 2 is 2.10 bits per heavy atom. The topological polar surface area (TPSA) is 104 Å². The molecule has 1 heterocycles. The van der Waals surface area contributed by atoms with E-state index >= 15 is 0 Å². The molecule has 0 radical (unpaired) electrons. The maximum Gasteiger partial charge on any atom is 0.417 e. The largest absolute Gasteiger partial charge is 0.417 e. The molecule has 2 atom stereocenters. The number of anilines is 2. The number of aliphatic hydroxyl groups is 1.